The molecule has 4 aromatic rings. The van der Waals surface area contributed by atoms with Crippen LogP contribution in [0.1, 0.15) is 80.7 Å². The highest BCUT2D eigenvalue weighted by Gasteiger charge is 2.61. The largest absolute Gasteiger partial charge is 0.457 e. The number of hydrogen-bond donors (Lipinski definition) is 0. The van der Waals surface area contributed by atoms with Gasteiger partial charge in [0, 0.05) is 30.4 Å². The average molecular weight is 618 g/mol. The smallest absolute Gasteiger partial charge is 0.379 e. The lowest BCUT2D eigenvalue weighted by Crippen LogP contribution is -2.41. The second-order valence-electron chi connectivity index (χ2n) is 11.9. The van der Waals surface area contributed by atoms with E-state index in [-0.39, 0.29) is 59.2 Å². The van der Waals surface area contributed by atoms with E-state index in [4.69, 9.17) is 13.9 Å². The van der Waals surface area contributed by atoms with E-state index in [1.165, 1.54) is 41.5 Å². The fourth-order valence-corrected chi connectivity index (χ4v) is 7.24. The Morgan fingerprint density at radius 3 is 1.83 bits per heavy atom. The molecule has 0 spiro atoms. The molecule has 8 rings (SSSR count). The Hall–Kier alpha value is -5.31. The summed E-state index contributed by atoms with van der Waals surface area (Å²) in [5, 5.41) is 0. The van der Waals surface area contributed by atoms with Crippen molar-refractivity contribution >= 4 is 29.5 Å². The van der Waals surface area contributed by atoms with Crippen LogP contribution in [0.25, 0.3) is 0 Å². The highest BCUT2D eigenvalue weighted by Crippen LogP contribution is 2.60. The molecule has 2 atom stereocenters. The normalized spacial score (nSPS) is 20.6. The Labute approximate surface area is 265 Å². The first-order valence-electron chi connectivity index (χ1n) is 15.5. The summed E-state index contributed by atoms with van der Waals surface area (Å²) in [6.45, 7) is -0.0891. The van der Waals surface area contributed by atoms with Crippen molar-refractivity contribution in [1.29, 1.82) is 0 Å². The fraction of sp³-hybridized carbons (Fsp3) is 0.270. The molecule has 2 amide bonds. The van der Waals surface area contributed by atoms with E-state index in [9.17, 15) is 24.0 Å². The first-order chi connectivity index (χ1) is 22.4. The van der Waals surface area contributed by atoms with Crippen molar-refractivity contribution in [1.82, 2.24) is 4.90 Å². The van der Waals surface area contributed by atoms with Gasteiger partial charge in [-0.25, -0.2) is 4.79 Å². The van der Waals surface area contributed by atoms with Crippen LogP contribution in [0, 0.1) is 11.8 Å². The number of benzene rings is 3. The molecule has 232 valence electrons. The Morgan fingerprint density at radius 1 is 0.696 bits per heavy atom. The quantitative estimate of drug-likeness (QED) is 0.0694. The number of nitrogens with zero attached hydrogens (tertiary/aromatic N) is 1. The van der Waals surface area contributed by atoms with Crippen LogP contribution in [-0.2, 0) is 19.1 Å². The van der Waals surface area contributed by atoms with Crippen LogP contribution in [0.4, 0.5) is 0 Å². The monoisotopic (exact) mass is 617 g/mol. The zero-order chi connectivity index (χ0) is 31.8. The van der Waals surface area contributed by atoms with Crippen molar-refractivity contribution in [2.24, 2.45) is 11.8 Å². The zero-order valence-electron chi connectivity index (χ0n) is 24.9. The van der Waals surface area contributed by atoms with Gasteiger partial charge in [0.25, 0.3) is 0 Å². The van der Waals surface area contributed by atoms with Crippen LogP contribution in [0.2, 0.25) is 0 Å². The summed E-state index contributed by atoms with van der Waals surface area (Å²) in [4.78, 5) is 65.6. The van der Waals surface area contributed by atoms with E-state index in [2.05, 4.69) is 24.3 Å². The number of ether oxygens (including phenoxy) is 2. The van der Waals surface area contributed by atoms with Gasteiger partial charge in [0.2, 0.25) is 17.6 Å². The number of imide groups is 1. The predicted molar refractivity (Wildman–Crippen MR) is 164 cm³/mol. The number of rotatable bonds is 11. The first-order valence-corrected chi connectivity index (χ1v) is 15.5. The molecule has 46 heavy (non-hydrogen) atoms. The number of carbonyl (C=O) groups excluding carboxylic acids is 5. The van der Waals surface area contributed by atoms with Crippen molar-refractivity contribution in [3.63, 3.8) is 0 Å². The van der Waals surface area contributed by atoms with Crippen LogP contribution in [0.5, 0.6) is 5.75 Å². The number of unbranched alkanes of at least 4 members (excludes halogenated alkanes) is 2. The third-order valence-electron chi connectivity index (χ3n) is 9.28. The number of amides is 2. The number of ketones is 1. The third-order valence-corrected chi connectivity index (χ3v) is 9.28. The molecule has 1 saturated heterocycles. The molecule has 0 radical (unpaired) electrons. The highest BCUT2D eigenvalue weighted by molar-refractivity contribution is 6.07. The number of furan rings is 1. The van der Waals surface area contributed by atoms with Gasteiger partial charge in [-0.15, -0.1) is 0 Å². The standard InChI is InChI=1S/C37H31NO8/c39-28(22-15-17-23(18-16-22)46-37(43)29-13-8-20-44-29)21-45-30(40)14-2-1-7-19-38-35(41)33-31-24-9-3-4-10-25(24)32(34(33)36(38)42)27-12-6-5-11-26(27)31/h3-6,8-13,15-18,20,31-34H,1-2,7,14,19,21H2. The Kier molecular flexibility index (Phi) is 7.82. The molecule has 0 saturated carbocycles. The number of Topliss-reactive ketones (excluding diaryl/α,β-unsaturated/α-hetero) is 1. The molecular formula is C37H31NO8. The minimum Gasteiger partial charge on any atom is -0.457 e. The second-order valence-corrected chi connectivity index (χ2v) is 11.9. The van der Waals surface area contributed by atoms with E-state index in [1.54, 1.807) is 6.07 Å². The molecule has 9 heteroatoms. The maximum Gasteiger partial charge on any atom is 0.379 e. The average Bonchev–Trinajstić information content (AvgIpc) is 3.71. The third kappa shape index (κ3) is 5.21. The van der Waals surface area contributed by atoms with Crippen LogP contribution in [0.3, 0.4) is 0 Å². The van der Waals surface area contributed by atoms with E-state index in [1.807, 2.05) is 24.3 Å². The van der Waals surface area contributed by atoms with Gasteiger partial charge in [-0.1, -0.05) is 55.0 Å². The molecule has 0 N–H and O–H groups in total. The van der Waals surface area contributed by atoms with Crippen LogP contribution < -0.4 is 4.74 Å². The molecular weight excluding hydrogens is 586 g/mol. The van der Waals surface area contributed by atoms with Gasteiger partial charge in [-0.05, 0) is 71.5 Å². The lowest BCUT2D eigenvalue weighted by atomic mass is 9.55. The molecule has 1 aromatic heterocycles. The topological polar surface area (TPSA) is 120 Å². The summed E-state index contributed by atoms with van der Waals surface area (Å²) >= 11 is 0. The van der Waals surface area contributed by atoms with Crippen LogP contribution in [0.15, 0.2) is 95.6 Å². The summed E-state index contributed by atoms with van der Waals surface area (Å²) in [6.07, 6.45) is 3.20. The van der Waals surface area contributed by atoms with Gasteiger partial charge < -0.3 is 13.9 Å². The van der Waals surface area contributed by atoms with Crippen LogP contribution in [-0.4, -0.2) is 47.6 Å². The Balaban J connectivity index is 0.869. The van der Waals surface area contributed by atoms with Gasteiger partial charge in [0.05, 0.1) is 18.1 Å². The maximum atomic E-state index is 13.7. The summed E-state index contributed by atoms with van der Waals surface area (Å²) in [5.74, 6) is -2.45. The lowest BCUT2D eigenvalue weighted by molar-refractivity contribution is -0.143. The van der Waals surface area contributed by atoms with Crippen molar-refractivity contribution in [2.75, 3.05) is 13.2 Å². The van der Waals surface area contributed by atoms with E-state index in [0.717, 1.165) is 22.3 Å². The van der Waals surface area contributed by atoms with Gasteiger partial charge >= 0.3 is 11.9 Å². The molecule has 9 nitrogen and oxygen atoms in total. The summed E-state index contributed by atoms with van der Waals surface area (Å²) in [6, 6.07) is 25.3. The number of hydrogen-bond acceptors (Lipinski definition) is 8. The molecule has 3 aliphatic carbocycles. The first kappa shape index (κ1) is 29.4. The molecule has 2 unspecified atom stereocenters. The summed E-state index contributed by atoms with van der Waals surface area (Å²) in [5.41, 5.74) is 4.91. The number of carbonyl (C=O) groups is 5. The van der Waals surface area contributed by atoms with Crippen molar-refractivity contribution in [2.45, 2.75) is 37.5 Å². The molecule has 2 bridgehead atoms. The van der Waals surface area contributed by atoms with Gasteiger partial charge in [-0.2, -0.15) is 0 Å². The van der Waals surface area contributed by atoms with E-state index >= 15 is 0 Å². The summed E-state index contributed by atoms with van der Waals surface area (Å²) in [7, 11) is 0. The van der Waals surface area contributed by atoms with Gasteiger partial charge in [0.15, 0.2) is 12.4 Å². The lowest BCUT2D eigenvalue weighted by Gasteiger charge is -2.45. The summed E-state index contributed by atoms with van der Waals surface area (Å²) < 4.78 is 15.4. The SMILES string of the molecule is O=C(CCCCCN1C(=O)C2C3c4ccccc4C(c4ccccc43)C2C1=O)OCC(=O)c1ccc(OC(=O)c2ccco2)cc1. The zero-order valence-corrected chi connectivity index (χ0v) is 24.9. The molecule has 3 aromatic carbocycles. The van der Waals surface area contributed by atoms with E-state index in [0.29, 0.717) is 31.4 Å². The highest BCUT2D eigenvalue weighted by atomic mass is 16.5. The molecule has 4 aliphatic rings. The van der Waals surface area contributed by atoms with Gasteiger partial charge in [0.1, 0.15) is 5.75 Å². The number of likely N-dealkylation sites (tertiary alicyclic amines) is 1. The van der Waals surface area contributed by atoms with Crippen LogP contribution >= 0.6 is 0 Å². The van der Waals surface area contributed by atoms with Crippen molar-refractivity contribution in [3.05, 3.63) is 125 Å². The second kappa shape index (κ2) is 12.2. The molecule has 1 fully saturated rings. The Bertz CT molecular complexity index is 1710. The fourth-order valence-electron chi connectivity index (χ4n) is 7.24. The van der Waals surface area contributed by atoms with Crippen molar-refractivity contribution < 1.29 is 37.9 Å². The van der Waals surface area contributed by atoms with E-state index < -0.39 is 18.5 Å². The maximum absolute atomic E-state index is 13.7. The Morgan fingerprint density at radius 2 is 1.28 bits per heavy atom. The molecule has 1 aliphatic heterocycles. The minimum atomic E-state index is -0.654. The van der Waals surface area contributed by atoms with Crippen molar-refractivity contribution in [3.8, 4) is 5.75 Å². The predicted octanol–water partition coefficient (Wildman–Crippen LogP) is 5.68. The minimum absolute atomic E-state index is 0.0622. The number of esters is 2. The van der Waals surface area contributed by atoms with Gasteiger partial charge in [-0.3, -0.25) is 24.1 Å². The molecule has 2 heterocycles.